The number of amides is 6. The molecule has 326 valence electrons. The van der Waals surface area contributed by atoms with E-state index in [1.54, 1.807) is 14.2 Å². The lowest BCUT2D eigenvalue weighted by Crippen LogP contribution is -2.54. The number of hydrogen-bond donors (Lipinski definition) is 4. The lowest BCUT2D eigenvalue weighted by molar-refractivity contribution is -0.136. The Hall–Kier alpha value is -6.74. The van der Waals surface area contributed by atoms with Crippen LogP contribution in [0.3, 0.4) is 0 Å². The Bertz CT molecular complexity index is 2260. The largest absolute Gasteiger partial charge is 0.496 e. The van der Waals surface area contributed by atoms with E-state index in [0.29, 0.717) is 56.5 Å². The summed E-state index contributed by atoms with van der Waals surface area (Å²) in [7, 11) is 3.20. The van der Waals surface area contributed by atoms with Crippen LogP contribution in [0.5, 0.6) is 23.0 Å². The Balaban J connectivity index is 0.836. The molecule has 0 aliphatic carbocycles. The van der Waals surface area contributed by atoms with E-state index in [-0.39, 0.29) is 42.2 Å². The van der Waals surface area contributed by atoms with Gasteiger partial charge in [0.15, 0.2) is 6.61 Å². The fourth-order valence-electron chi connectivity index (χ4n) is 7.51. The normalized spacial score (nSPS) is 14.6. The van der Waals surface area contributed by atoms with Gasteiger partial charge in [0.1, 0.15) is 35.6 Å². The lowest BCUT2D eigenvalue weighted by atomic mass is 9.97. The standard InChI is InChI=1S/C47H53N5O10/c1-30-32(15-11-16-34(30)31-13-7-6-8-14-31)28-61-33-25-39(59-2)36(40(26-33)60-3)27-48-24-21-41(53)49-22-9-4-5-10-23-50-43(55)29-62-38-18-12-17-35-44(38)47(58)52(46(35)57)37-19-20-42(54)51-45(37)56/h6-8,11-18,25-26,37,48H,4-5,9-10,19-24,27-29H2,1-3H3,(H,49,53)(H,50,55)(H,51,54,56). The Labute approximate surface area is 360 Å². The summed E-state index contributed by atoms with van der Waals surface area (Å²) in [5.74, 6) is -1.05. The van der Waals surface area contributed by atoms with Crippen molar-refractivity contribution in [3.8, 4) is 34.1 Å². The van der Waals surface area contributed by atoms with Crippen molar-refractivity contribution in [1.82, 2.24) is 26.2 Å². The van der Waals surface area contributed by atoms with Crippen LogP contribution in [0.25, 0.3) is 11.1 Å². The first-order chi connectivity index (χ1) is 30.1. The van der Waals surface area contributed by atoms with Crippen molar-refractivity contribution in [3.63, 3.8) is 0 Å². The number of unbranched alkanes of at least 4 members (excludes halogenated alkanes) is 3. The number of nitrogens with zero attached hydrogens (tertiary/aromatic N) is 1. The third-order valence-electron chi connectivity index (χ3n) is 10.9. The molecule has 0 aromatic heterocycles. The van der Waals surface area contributed by atoms with Crippen LogP contribution < -0.4 is 40.2 Å². The SMILES string of the molecule is COc1cc(OCc2cccc(-c3ccccc3)c2C)cc(OC)c1CNCCC(=O)NCCCCCCNC(=O)COc1cccc2c1C(=O)N(C1CCC(=O)NC1=O)C2=O. The summed E-state index contributed by atoms with van der Waals surface area (Å²) in [6.07, 6.45) is 3.57. The maximum absolute atomic E-state index is 13.2. The predicted octanol–water partition coefficient (Wildman–Crippen LogP) is 5.01. The number of ether oxygens (including phenoxy) is 4. The summed E-state index contributed by atoms with van der Waals surface area (Å²) in [5, 5.41) is 11.2. The van der Waals surface area contributed by atoms with Gasteiger partial charge in [-0.1, -0.05) is 67.4 Å². The van der Waals surface area contributed by atoms with Crippen molar-refractivity contribution in [2.45, 2.75) is 71.1 Å². The number of imide groups is 2. The van der Waals surface area contributed by atoms with E-state index in [2.05, 4.69) is 52.5 Å². The summed E-state index contributed by atoms with van der Waals surface area (Å²) in [4.78, 5) is 76.0. The minimum absolute atomic E-state index is 0.0125. The number of carbonyl (C=O) groups excluding carboxylic acids is 6. The summed E-state index contributed by atoms with van der Waals surface area (Å²) >= 11 is 0. The van der Waals surface area contributed by atoms with Crippen molar-refractivity contribution in [3.05, 3.63) is 107 Å². The second kappa shape index (κ2) is 21.7. The quantitative estimate of drug-likeness (QED) is 0.0615. The Morgan fingerprint density at radius 3 is 2.11 bits per heavy atom. The first kappa shape index (κ1) is 44.8. The van der Waals surface area contributed by atoms with E-state index in [9.17, 15) is 28.8 Å². The van der Waals surface area contributed by atoms with Gasteiger partial charge in [0.25, 0.3) is 17.7 Å². The van der Waals surface area contributed by atoms with Crippen molar-refractivity contribution in [1.29, 1.82) is 0 Å². The summed E-state index contributed by atoms with van der Waals surface area (Å²) < 4.78 is 23.3. The number of piperidine rings is 1. The summed E-state index contributed by atoms with van der Waals surface area (Å²) in [5.41, 5.74) is 5.44. The molecule has 4 N–H and O–H groups in total. The summed E-state index contributed by atoms with van der Waals surface area (Å²) in [6.45, 7) is 3.97. The zero-order chi connectivity index (χ0) is 44.0. The Morgan fingerprint density at radius 2 is 1.42 bits per heavy atom. The second-order valence-corrected chi connectivity index (χ2v) is 15.0. The Morgan fingerprint density at radius 1 is 0.742 bits per heavy atom. The molecule has 0 spiro atoms. The smallest absolute Gasteiger partial charge is 0.266 e. The highest BCUT2D eigenvalue weighted by molar-refractivity contribution is 6.24. The third kappa shape index (κ3) is 11.1. The Kier molecular flexibility index (Phi) is 15.7. The first-order valence-electron chi connectivity index (χ1n) is 20.8. The van der Waals surface area contributed by atoms with Crippen LogP contribution in [0.1, 0.15) is 82.4 Å². The van der Waals surface area contributed by atoms with Gasteiger partial charge >= 0.3 is 0 Å². The van der Waals surface area contributed by atoms with Crippen molar-refractivity contribution in [2.75, 3.05) is 40.5 Å². The maximum atomic E-state index is 13.2. The molecule has 1 unspecified atom stereocenters. The van der Waals surface area contributed by atoms with Gasteiger partial charge in [-0.15, -0.1) is 0 Å². The van der Waals surface area contributed by atoms with Crippen LogP contribution in [0.2, 0.25) is 0 Å². The molecule has 2 heterocycles. The molecule has 2 aliphatic heterocycles. The minimum atomic E-state index is -1.10. The molecule has 4 aromatic rings. The number of fused-ring (bicyclic) bond motifs is 1. The van der Waals surface area contributed by atoms with Crippen LogP contribution in [0, 0.1) is 6.92 Å². The van der Waals surface area contributed by atoms with Gasteiger partial charge < -0.3 is 34.9 Å². The van der Waals surface area contributed by atoms with Crippen LogP contribution >= 0.6 is 0 Å². The van der Waals surface area contributed by atoms with Crippen LogP contribution in [0.15, 0.2) is 78.9 Å². The topological polar surface area (TPSA) is 191 Å². The van der Waals surface area contributed by atoms with Gasteiger partial charge in [0, 0.05) is 51.2 Å². The third-order valence-corrected chi connectivity index (χ3v) is 10.9. The molecule has 15 nitrogen and oxygen atoms in total. The first-order valence-corrected chi connectivity index (χ1v) is 20.8. The predicted molar refractivity (Wildman–Crippen MR) is 230 cm³/mol. The molecule has 0 bridgehead atoms. The average Bonchev–Trinajstić information content (AvgIpc) is 3.53. The van der Waals surface area contributed by atoms with E-state index in [4.69, 9.17) is 18.9 Å². The lowest BCUT2D eigenvalue weighted by Gasteiger charge is -2.27. The van der Waals surface area contributed by atoms with E-state index >= 15 is 0 Å². The number of benzene rings is 4. The van der Waals surface area contributed by atoms with Crippen molar-refractivity contribution < 1.29 is 47.7 Å². The highest BCUT2D eigenvalue weighted by Gasteiger charge is 2.46. The molecule has 1 fully saturated rings. The number of carbonyl (C=O) groups is 6. The molecule has 1 atom stereocenters. The molecular weight excluding hydrogens is 795 g/mol. The van der Waals surface area contributed by atoms with Crippen molar-refractivity contribution >= 4 is 35.4 Å². The molecule has 4 aromatic carbocycles. The number of methoxy groups -OCH3 is 2. The van der Waals surface area contributed by atoms with Crippen LogP contribution in [-0.4, -0.2) is 86.8 Å². The molecule has 2 aliphatic rings. The fourth-order valence-corrected chi connectivity index (χ4v) is 7.51. The van der Waals surface area contributed by atoms with E-state index < -0.39 is 35.6 Å². The molecule has 6 amide bonds. The molecule has 0 radical (unpaired) electrons. The molecular formula is C47H53N5O10. The highest BCUT2D eigenvalue weighted by Crippen LogP contribution is 2.36. The van der Waals surface area contributed by atoms with Gasteiger partial charge in [-0.3, -0.25) is 39.0 Å². The molecule has 6 rings (SSSR count). The van der Waals surface area contributed by atoms with Crippen LogP contribution in [0.4, 0.5) is 0 Å². The van der Waals surface area contributed by atoms with Crippen molar-refractivity contribution in [2.24, 2.45) is 0 Å². The molecule has 15 heteroatoms. The molecule has 1 saturated heterocycles. The van der Waals surface area contributed by atoms with Gasteiger partial charge in [-0.25, -0.2) is 0 Å². The van der Waals surface area contributed by atoms with E-state index in [1.807, 2.05) is 36.4 Å². The fraction of sp³-hybridized carbons (Fsp3) is 0.362. The average molecular weight is 848 g/mol. The zero-order valence-corrected chi connectivity index (χ0v) is 35.3. The monoisotopic (exact) mass is 847 g/mol. The van der Waals surface area contributed by atoms with E-state index in [1.165, 1.54) is 23.8 Å². The maximum Gasteiger partial charge on any atom is 0.266 e. The van der Waals surface area contributed by atoms with Gasteiger partial charge in [0.05, 0.1) is 30.9 Å². The van der Waals surface area contributed by atoms with E-state index in [0.717, 1.165) is 52.8 Å². The number of nitrogens with one attached hydrogen (secondary N) is 4. The van der Waals surface area contributed by atoms with Gasteiger partial charge in [-0.05, 0) is 60.6 Å². The molecule has 62 heavy (non-hydrogen) atoms. The second-order valence-electron chi connectivity index (χ2n) is 15.0. The van der Waals surface area contributed by atoms with Gasteiger partial charge in [-0.2, -0.15) is 0 Å². The zero-order valence-electron chi connectivity index (χ0n) is 35.3. The molecule has 0 saturated carbocycles. The minimum Gasteiger partial charge on any atom is -0.496 e. The number of hydrogen-bond acceptors (Lipinski definition) is 11. The highest BCUT2D eigenvalue weighted by atomic mass is 16.5. The van der Waals surface area contributed by atoms with Gasteiger partial charge in [0.2, 0.25) is 17.7 Å². The summed E-state index contributed by atoms with van der Waals surface area (Å²) in [6, 6.07) is 23.6. The number of rotatable bonds is 22. The van der Waals surface area contributed by atoms with Crippen LogP contribution in [-0.2, 0) is 32.3 Å².